The minimum Gasteiger partial charge on any atom is -0.294 e. The molecule has 5 rings (SSSR count). The average Bonchev–Trinajstić information content (AvgIpc) is 3.31. The molecular weight excluding hydrogens is 304 g/mol. The lowest BCUT2D eigenvalue weighted by Gasteiger charge is -2.30. The molecular formula is C24H24O. The third kappa shape index (κ3) is 2.25. The lowest BCUT2D eigenvalue weighted by Crippen LogP contribution is -2.29. The van der Waals surface area contributed by atoms with Crippen LogP contribution in [0.4, 0.5) is 0 Å². The van der Waals surface area contributed by atoms with E-state index in [0.717, 1.165) is 17.4 Å². The molecule has 0 amide bonds. The van der Waals surface area contributed by atoms with Crippen molar-refractivity contribution in [2.75, 3.05) is 0 Å². The van der Waals surface area contributed by atoms with Gasteiger partial charge in [0.2, 0.25) is 0 Å². The van der Waals surface area contributed by atoms with Crippen LogP contribution in [0.5, 0.6) is 0 Å². The van der Waals surface area contributed by atoms with Crippen molar-refractivity contribution in [2.45, 2.75) is 44.9 Å². The Morgan fingerprint density at radius 3 is 2.24 bits per heavy atom. The number of carbonyl (C=O) groups excluding carboxylic acids is 1. The van der Waals surface area contributed by atoms with E-state index in [-0.39, 0.29) is 5.92 Å². The second-order valence-electron chi connectivity index (χ2n) is 8.07. The Bertz CT molecular complexity index is 957. The van der Waals surface area contributed by atoms with Crippen LogP contribution in [0.1, 0.15) is 55.3 Å². The van der Waals surface area contributed by atoms with Crippen LogP contribution in [-0.4, -0.2) is 5.78 Å². The molecule has 3 aromatic rings. The third-order valence-electron chi connectivity index (χ3n) is 6.86. The van der Waals surface area contributed by atoms with Gasteiger partial charge in [0.05, 0.1) is 0 Å². The van der Waals surface area contributed by atoms with Gasteiger partial charge in [-0.1, -0.05) is 67.8 Å². The molecule has 0 aromatic heterocycles. The summed E-state index contributed by atoms with van der Waals surface area (Å²) in [6.07, 6.45) is 8.70. The first-order chi connectivity index (χ1) is 12.3. The fourth-order valence-electron chi connectivity index (χ4n) is 5.67. The molecule has 0 saturated heterocycles. The van der Waals surface area contributed by atoms with Gasteiger partial charge in [0.15, 0.2) is 5.78 Å². The third-order valence-corrected chi connectivity index (χ3v) is 6.86. The predicted octanol–water partition coefficient (Wildman–Crippen LogP) is 6.54. The van der Waals surface area contributed by atoms with Crippen molar-refractivity contribution in [3.63, 3.8) is 0 Å². The van der Waals surface area contributed by atoms with Gasteiger partial charge in [0.25, 0.3) is 0 Å². The van der Waals surface area contributed by atoms with E-state index in [2.05, 4.69) is 54.6 Å². The van der Waals surface area contributed by atoms with Gasteiger partial charge in [0, 0.05) is 11.5 Å². The summed E-state index contributed by atoms with van der Waals surface area (Å²) in [6.45, 7) is 0. The molecule has 1 atom stereocenters. The van der Waals surface area contributed by atoms with Gasteiger partial charge in [-0.05, 0) is 58.7 Å². The van der Waals surface area contributed by atoms with E-state index < -0.39 is 0 Å². The van der Waals surface area contributed by atoms with E-state index in [1.165, 1.54) is 54.7 Å². The maximum absolute atomic E-state index is 13.7. The molecule has 1 spiro atoms. The highest BCUT2D eigenvalue weighted by atomic mass is 16.1. The molecule has 0 radical (unpaired) electrons. The highest BCUT2D eigenvalue weighted by molar-refractivity contribution is 6.18. The Balaban J connectivity index is 1.70. The van der Waals surface area contributed by atoms with Crippen LogP contribution in [-0.2, 0) is 0 Å². The quantitative estimate of drug-likeness (QED) is 0.386. The maximum atomic E-state index is 13.7. The summed E-state index contributed by atoms with van der Waals surface area (Å²) in [6, 6.07) is 19.0. The number of hydrogen-bond acceptors (Lipinski definition) is 1. The lowest BCUT2D eigenvalue weighted by atomic mass is 9.72. The molecule has 2 aliphatic carbocycles. The van der Waals surface area contributed by atoms with Gasteiger partial charge in [-0.15, -0.1) is 0 Å². The van der Waals surface area contributed by atoms with E-state index in [0.29, 0.717) is 11.2 Å². The molecule has 1 heteroatoms. The fraction of sp³-hybridized carbons (Fsp3) is 0.375. The van der Waals surface area contributed by atoms with E-state index >= 15 is 0 Å². The molecule has 0 aliphatic heterocycles. The van der Waals surface area contributed by atoms with Gasteiger partial charge >= 0.3 is 0 Å². The van der Waals surface area contributed by atoms with Crippen LogP contribution in [0, 0.1) is 11.3 Å². The van der Waals surface area contributed by atoms with Crippen LogP contribution in [0.2, 0.25) is 0 Å². The fourth-order valence-corrected chi connectivity index (χ4v) is 5.67. The molecule has 2 aliphatic rings. The first-order valence-corrected chi connectivity index (χ1v) is 9.73. The molecule has 0 heterocycles. The summed E-state index contributed by atoms with van der Waals surface area (Å²) in [7, 11) is 0. The zero-order valence-electron chi connectivity index (χ0n) is 14.6. The van der Waals surface area contributed by atoms with Crippen molar-refractivity contribution in [1.29, 1.82) is 0 Å². The largest absolute Gasteiger partial charge is 0.294 e. The summed E-state index contributed by atoms with van der Waals surface area (Å²) in [5.41, 5.74) is 1.26. The Morgan fingerprint density at radius 1 is 0.800 bits per heavy atom. The van der Waals surface area contributed by atoms with Gasteiger partial charge in [-0.3, -0.25) is 4.79 Å². The van der Waals surface area contributed by atoms with Crippen LogP contribution >= 0.6 is 0 Å². The minimum absolute atomic E-state index is 0.236. The molecule has 1 nitrogen and oxygen atoms in total. The predicted molar refractivity (Wildman–Crippen MR) is 104 cm³/mol. The second kappa shape index (κ2) is 5.69. The van der Waals surface area contributed by atoms with Crippen LogP contribution in [0.25, 0.3) is 21.5 Å². The average molecular weight is 328 g/mol. The van der Waals surface area contributed by atoms with E-state index in [1.54, 1.807) is 0 Å². The van der Waals surface area contributed by atoms with Crippen LogP contribution in [0.3, 0.4) is 0 Å². The Morgan fingerprint density at radius 2 is 1.44 bits per heavy atom. The number of carbonyl (C=O) groups is 1. The molecule has 1 unspecified atom stereocenters. The number of rotatable bonds is 2. The Kier molecular flexibility index (Phi) is 3.45. The topological polar surface area (TPSA) is 17.1 Å². The van der Waals surface area contributed by atoms with Gasteiger partial charge in [-0.2, -0.15) is 0 Å². The zero-order chi connectivity index (χ0) is 16.9. The zero-order valence-corrected chi connectivity index (χ0v) is 14.6. The number of ketones is 1. The molecule has 2 saturated carbocycles. The molecule has 0 N–H and O–H groups in total. The monoisotopic (exact) mass is 328 g/mol. The normalized spacial score (nSPS) is 22.2. The number of Topliss-reactive ketones (excluding diaryl/α,β-unsaturated/α-hetero) is 1. The highest BCUT2D eigenvalue weighted by Gasteiger charge is 2.48. The van der Waals surface area contributed by atoms with E-state index in [9.17, 15) is 4.79 Å². The summed E-state index contributed by atoms with van der Waals surface area (Å²) in [5, 5.41) is 4.77. The Labute approximate surface area is 149 Å². The smallest absolute Gasteiger partial charge is 0.167 e. The van der Waals surface area contributed by atoms with Crippen molar-refractivity contribution in [2.24, 2.45) is 11.3 Å². The van der Waals surface area contributed by atoms with Crippen molar-refractivity contribution in [3.8, 4) is 0 Å². The SMILES string of the molecule is O=C(c1cc2ccccc2c2ccccc12)C1CCCC12CCCC2. The number of hydrogen-bond donors (Lipinski definition) is 0. The molecule has 25 heavy (non-hydrogen) atoms. The van der Waals surface area contributed by atoms with Crippen molar-refractivity contribution in [1.82, 2.24) is 0 Å². The van der Waals surface area contributed by atoms with Crippen LogP contribution < -0.4 is 0 Å². The van der Waals surface area contributed by atoms with Crippen molar-refractivity contribution < 1.29 is 4.79 Å². The van der Waals surface area contributed by atoms with Crippen LogP contribution in [0.15, 0.2) is 54.6 Å². The summed E-state index contributed by atoms with van der Waals surface area (Å²) < 4.78 is 0. The summed E-state index contributed by atoms with van der Waals surface area (Å²) in [5.74, 6) is 0.640. The van der Waals surface area contributed by atoms with Gasteiger partial charge in [-0.25, -0.2) is 0 Å². The molecule has 2 fully saturated rings. The number of fused-ring (bicyclic) bond motifs is 3. The standard InChI is InChI=1S/C24H24O/c25-23(22-12-7-15-24(22)13-5-6-14-24)21-16-17-8-1-2-9-18(17)19-10-3-4-11-20(19)21/h1-4,8-11,16,22H,5-7,12-15H2. The lowest BCUT2D eigenvalue weighted by molar-refractivity contribution is 0.0806. The number of benzene rings is 3. The van der Waals surface area contributed by atoms with Crippen molar-refractivity contribution in [3.05, 3.63) is 60.2 Å². The molecule has 3 aromatic carbocycles. The van der Waals surface area contributed by atoms with Gasteiger partial charge in [0.1, 0.15) is 0 Å². The second-order valence-corrected chi connectivity index (χ2v) is 8.07. The summed E-state index contributed by atoms with van der Waals surface area (Å²) in [4.78, 5) is 13.7. The minimum atomic E-state index is 0.236. The molecule has 126 valence electrons. The van der Waals surface area contributed by atoms with Gasteiger partial charge < -0.3 is 0 Å². The first kappa shape index (κ1) is 15.1. The maximum Gasteiger partial charge on any atom is 0.167 e. The molecule has 0 bridgehead atoms. The van der Waals surface area contributed by atoms with E-state index in [4.69, 9.17) is 0 Å². The summed E-state index contributed by atoms with van der Waals surface area (Å²) >= 11 is 0. The Hall–Kier alpha value is -2.15. The first-order valence-electron chi connectivity index (χ1n) is 9.73. The van der Waals surface area contributed by atoms with Crippen molar-refractivity contribution >= 4 is 27.3 Å². The van der Waals surface area contributed by atoms with E-state index in [1.807, 2.05) is 0 Å². The highest BCUT2D eigenvalue weighted by Crippen LogP contribution is 2.55.